The molecule has 7 heteroatoms. The van der Waals surface area contributed by atoms with Crippen LogP contribution in [-0.4, -0.2) is 34.8 Å². The first-order valence-electron chi connectivity index (χ1n) is 6.65. The van der Waals surface area contributed by atoms with Crippen LogP contribution >= 0.6 is 0 Å². The lowest BCUT2D eigenvalue weighted by Gasteiger charge is -2.17. The van der Waals surface area contributed by atoms with E-state index in [2.05, 4.69) is 5.32 Å². The van der Waals surface area contributed by atoms with Gasteiger partial charge in [0, 0.05) is 0 Å². The average Bonchev–Trinajstić information content (AvgIpc) is 2.53. The zero-order valence-corrected chi connectivity index (χ0v) is 11.6. The molecular weight excluding hydrogens is 288 g/mol. The molecule has 0 aromatic heterocycles. The van der Waals surface area contributed by atoms with Gasteiger partial charge in [-0.1, -0.05) is 36.4 Å². The first-order valence-corrected chi connectivity index (χ1v) is 6.65. The summed E-state index contributed by atoms with van der Waals surface area (Å²) in [6.45, 7) is -0.329. The number of nitrogens with one attached hydrogen (secondary N) is 1. The van der Waals surface area contributed by atoms with E-state index in [9.17, 15) is 14.3 Å². The maximum atomic E-state index is 13.9. The number of hydrogen-bond donors (Lipinski definition) is 4. The summed E-state index contributed by atoms with van der Waals surface area (Å²) in [5.41, 5.74) is 0.413. The summed E-state index contributed by atoms with van der Waals surface area (Å²) in [5, 5.41) is 29.9. The fourth-order valence-corrected chi connectivity index (χ4v) is 2.03. The van der Waals surface area contributed by atoms with Gasteiger partial charge in [-0.15, -0.1) is 0 Å². The lowest BCUT2D eigenvalue weighted by Crippen LogP contribution is -2.33. The Hall–Kier alpha value is -2.22. The molecule has 114 valence electrons. The van der Waals surface area contributed by atoms with E-state index >= 15 is 0 Å². The maximum Gasteiger partial charge on any atom is 0.488 e. The molecule has 0 saturated heterocycles. The average molecular weight is 303 g/mol. The quantitative estimate of drug-likeness (QED) is 0.584. The van der Waals surface area contributed by atoms with Gasteiger partial charge in [0.05, 0.1) is 18.2 Å². The van der Waals surface area contributed by atoms with Gasteiger partial charge in [-0.3, -0.25) is 4.79 Å². The molecule has 0 saturated carbocycles. The molecule has 0 spiro atoms. The lowest BCUT2D eigenvalue weighted by atomic mass is 9.80. The molecule has 0 aliphatic carbocycles. The van der Waals surface area contributed by atoms with Crippen LogP contribution in [-0.2, 0) is 0 Å². The number of carbonyl (C=O) groups is 1. The van der Waals surface area contributed by atoms with E-state index in [1.165, 1.54) is 12.1 Å². The standard InChI is InChI=1S/C15H15BFNO4/c17-13-8-11(16(21)22)6-7-12(13)15(20)18-14(9-19)10-4-2-1-3-5-10/h1-8,14,19,21-22H,9H2,(H,18,20)/t14-/m1/s1. The van der Waals surface area contributed by atoms with Crippen molar-refractivity contribution in [3.8, 4) is 0 Å². The van der Waals surface area contributed by atoms with E-state index < -0.39 is 24.9 Å². The molecule has 2 aromatic rings. The van der Waals surface area contributed by atoms with E-state index in [0.29, 0.717) is 5.56 Å². The van der Waals surface area contributed by atoms with Crippen LogP contribution in [0.15, 0.2) is 48.5 Å². The number of halogens is 1. The van der Waals surface area contributed by atoms with Crippen LogP contribution in [0.5, 0.6) is 0 Å². The predicted molar refractivity (Wildman–Crippen MR) is 80.0 cm³/mol. The highest BCUT2D eigenvalue weighted by molar-refractivity contribution is 6.58. The smallest absolute Gasteiger partial charge is 0.423 e. The minimum absolute atomic E-state index is 0.0455. The number of benzene rings is 2. The molecule has 2 aromatic carbocycles. The van der Waals surface area contributed by atoms with Gasteiger partial charge in [0.25, 0.3) is 5.91 Å². The van der Waals surface area contributed by atoms with E-state index in [1.807, 2.05) is 0 Å². The van der Waals surface area contributed by atoms with Crippen molar-refractivity contribution in [2.45, 2.75) is 6.04 Å². The Morgan fingerprint density at radius 2 is 1.86 bits per heavy atom. The first-order chi connectivity index (χ1) is 10.5. The minimum atomic E-state index is -1.80. The molecule has 4 N–H and O–H groups in total. The maximum absolute atomic E-state index is 13.9. The first kappa shape index (κ1) is 16.2. The number of hydrogen-bond acceptors (Lipinski definition) is 4. The summed E-state index contributed by atoms with van der Waals surface area (Å²) in [6, 6.07) is 11.5. The molecular formula is C15H15BFNO4. The highest BCUT2D eigenvalue weighted by atomic mass is 19.1. The summed E-state index contributed by atoms with van der Waals surface area (Å²) >= 11 is 0. The number of carbonyl (C=O) groups excluding carboxylic acids is 1. The van der Waals surface area contributed by atoms with Gasteiger partial charge in [-0.2, -0.15) is 0 Å². The molecule has 0 bridgehead atoms. The molecule has 2 rings (SSSR count). The summed E-state index contributed by atoms with van der Waals surface area (Å²) in [5.74, 6) is -1.56. The van der Waals surface area contributed by atoms with Gasteiger partial charge >= 0.3 is 7.12 Å². The molecule has 0 fully saturated rings. The summed E-state index contributed by atoms with van der Waals surface area (Å²) < 4.78 is 13.9. The van der Waals surface area contributed by atoms with E-state index in [0.717, 1.165) is 6.07 Å². The molecule has 1 atom stereocenters. The van der Waals surface area contributed by atoms with Gasteiger partial charge in [-0.05, 0) is 23.2 Å². The van der Waals surface area contributed by atoms with Crippen LogP contribution in [0.3, 0.4) is 0 Å². The van der Waals surface area contributed by atoms with Gasteiger partial charge < -0.3 is 20.5 Å². The molecule has 0 aliphatic heterocycles. The Kier molecular flexibility index (Phi) is 5.27. The van der Waals surface area contributed by atoms with Crippen molar-refractivity contribution in [2.75, 3.05) is 6.61 Å². The second-order valence-corrected chi connectivity index (χ2v) is 4.73. The molecule has 0 aliphatic rings. The Labute approximate surface area is 127 Å². The van der Waals surface area contributed by atoms with Gasteiger partial charge in [0.15, 0.2) is 0 Å². The Morgan fingerprint density at radius 3 is 2.41 bits per heavy atom. The zero-order chi connectivity index (χ0) is 16.1. The van der Waals surface area contributed by atoms with Crippen LogP contribution < -0.4 is 10.8 Å². The number of aliphatic hydroxyl groups excluding tert-OH is 1. The van der Waals surface area contributed by atoms with Crippen molar-refractivity contribution in [1.29, 1.82) is 0 Å². The third-order valence-electron chi connectivity index (χ3n) is 3.23. The van der Waals surface area contributed by atoms with Crippen LogP contribution in [0.4, 0.5) is 4.39 Å². The van der Waals surface area contributed by atoms with Crippen molar-refractivity contribution in [1.82, 2.24) is 5.32 Å². The van der Waals surface area contributed by atoms with Crippen LogP contribution in [0.2, 0.25) is 0 Å². The molecule has 5 nitrogen and oxygen atoms in total. The second-order valence-electron chi connectivity index (χ2n) is 4.73. The molecule has 0 radical (unpaired) electrons. The van der Waals surface area contributed by atoms with Crippen molar-refractivity contribution in [2.24, 2.45) is 0 Å². The van der Waals surface area contributed by atoms with Crippen LogP contribution in [0.1, 0.15) is 22.0 Å². The fourth-order valence-electron chi connectivity index (χ4n) is 2.03. The second kappa shape index (κ2) is 7.17. The molecule has 0 unspecified atom stereocenters. The minimum Gasteiger partial charge on any atom is -0.423 e. The van der Waals surface area contributed by atoms with Crippen molar-refractivity contribution in [3.63, 3.8) is 0 Å². The van der Waals surface area contributed by atoms with Crippen LogP contribution in [0.25, 0.3) is 0 Å². The summed E-state index contributed by atoms with van der Waals surface area (Å²) in [4.78, 5) is 12.1. The zero-order valence-electron chi connectivity index (χ0n) is 11.6. The van der Waals surface area contributed by atoms with Gasteiger partial charge in [0.2, 0.25) is 0 Å². The van der Waals surface area contributed by atoms with Crippen LogP contribution in [0, 0.1) is 5.82 Å². The Bertz CT molecular complexity index is 651. The highest BCUT2D eigenvalue weighted by Crippen LogP contribution is 2.13. The summed E-state index contributed by atoms with van der Waals surface area (Å²) in [7, 11) is -1.80. The van der Waals surface area contributed by atoms with Gasteiger partial charge in [0.1, 0.15) is 5.82 Å². The molecule has 0 heterocycles. The Balaban J connectivity index is 2.18. The largest absolute Gasteiger partial charge is 0.488 e. The number of rotatable bonds is 5. The third-order valence-corrected chi connectivity index (χ3v) is 3.23. The number of aliphatic hydroxyl groups is 1. The van der Waals surface area contributed by atoms with Crippen molar-refractivity contribution >= 4 is 18.5 Å². The summed E-state index contributed by atoms with van der Waals surface area (Å²) in [6.07, 6.45) is 0. The highest BCUT2D eigenvalue weighted by Gasteiger charge is 2.20. The number of amides is 1. The SMILES string of the molecule is O=C(N[C@H](CO)c1ccccc1)c1ccc(B(O)O)cc1F. The third kappa shape index (κ3) is 3.70. The molecule has 22 heavy (non-hydrogen) atoms. The molecule has 1 amide bonds. The van der Waals surface area contributed by atoms with E-state index in [-0.39, 0.29) is 17.6 Å². The lowest BCUT2D eigenvalue weighted by molar-refractivity contribution is 0.0912. The normalized spacial score (nSPS) is 11.8. The predicted octanol–water partition coefficient (Wildman–Crippen LogP) is -0.0311. The monoisotopic (exact) mass is 303 g/mol. The van der Waals surface area contributed by atoms with Crippen molar-refractivity contribution < 1.29 is 24.3 Å². The van der Waals surface area contributed by atoms with E-state index in [4.69, 9.17) is 10.0 Å². The van der Waals surface area contributed by atoms with Crippen molar-refractivity contribution in [3.05, 3.63) is 65.5 Å². The topological polar surface area (TPSA) is 89.8 Å². The Morgan fingerprint density at radius 1 is 1.18 bits per heavy atom. The fraction of sp³-hybridized carbons (Fsp3) is 0.133. The van der Waals surface area contributed by atoms with E-state index in [1.54, 1.807) is 30.3 Å². The van der Waals surface area contributed by atoms with Gasteiger partial charge in [-0.25, -0.2) is 4.39 Å².